The van der Waals surface area contributed by atoms with E-state index in [4.69, 9.17) is 11.6 Å². The Kier molecular flexibility index (Phi) is 4.66. The first kappa shape index (κ1) is 15.7. The average Bonchev–Trinajstić information content (AvgIpc) is 2.77. The van der Waals surface area contributed by atoms with Gasteiger partial charge in [0.1, 0.15) is 10.2 Å². The van der Waals surface area contributed by atoms with Crippen LogP contribution in [0, 0.1) is 0 Å². The van der Waals surface area contributed by atoms with Crippen molar-refractivity contribution in [3.8, 4) is 10.8 Å². The Morgan fingerprint density at radius 2 is 2.05 bits per heavy atom. The van der Waals surface area contributed by atoms with E-state index >= 15 is 0 Å². The number of nitrogens with zero attached hydrogens (tertiary/aromatic N) is 3. The molecule has 0 radical (unpaired) electrons. The molecule has 0 bridgehead atoms. The van der Waals surface area contributed by atoms with E-state index in [0.29, 0.717) is 10.2 Å². The molecule has 2 aromatic heterocycles. The van der Waals surface area contributed by atoms with E-state index in [-0.39, 0.29) is 5.41 Å². The summed E-state index contributed by atoms with van der Waals surface area (Å²) in [6, 6.07) is 0. The molecule has 20 heavy (non-hydrogen) atoms. The maximum absolute atomic E-state index is 5.95. The zero-order valence-electron chi connectivity index (χ0n) is 11.8. The van der Waals surface area contributed by atoms with Crippen LogP contribution in [-0.2, 0) is 5.41 Å². The second-order valence-electron chi connectivity index (χ2n) is 5.31. The van der Waals surface area contributed by atoms with E-state index in [1.54, 1.807) is 6.20 Å². The van der Waals surface area contributed by atoms with Crippen LogP contribution in [0.4, 0.5) is 5.82 Å². The van der Waals surface area contributed by atoms with E-state index < -0.39 is 0 Å². The van der Waals surface area contributed by atoms with Gasteiger partial charge in [-0.15, -0.1) is 0 Å². The third kappa shape index (κ3) is 3.30. The van der Waals surface area contributed by atoms with Gasteiger partial charge in [0, 0.05) is 12.0 Å². The van der Waals surface area contributed by atoms with Crippen LogP contribution >= 0.6 is 38.9 Å². The van der Waals surface area contributed by atoms with Gasteiger partial charge in [-0.25, -0.2) is 15.0 Å². The minimum absolute atomic E-state index is 0.0955. The normalized spacial score (nSPS) is 11.7. The summed E-state index contributed by atoms with van der Waals surface area (Å²) < 4.78 is 1.53. The molecule has 0 saturated carbocycles. The fraction of sp³-hybridized carbons (Fsp3) is 0.462. The first-order chi connectivity index (χ1) is 9.32. The molecule has 4 nitrogen and oxygen atoms in total. The van der Waals surface area contributed by atoms with Gasteiger partial charge in [0.15, 0.2) is 10.8 Å². The van der Waals surface area contributed by atoms with Gasteiger partial charge < -0.3 is 5.32 Å². The van der Waals surface area contributed by atoms with Gasteiger partial charge in [-0.1, -0.05) is 43.7 Å². The topological polar surface area (TPSA) is 50.7 Å². The highest BCUT2D eigenvalue weighted by Gasteiger charge is 2.24. The van der Waals surface area contributed by atoms with Crippen molar-refractivity contribution in [2.45, 2.75) is 33.1 Å². The molecule has 0 amide bonds. The summed E-state index contributed by atoms with van der Waals surface area (Å²) in [5.41, 5.74) is 0.853. The van der Waals surface area contributed by atoms with Crippen LogP contribution in [0.3, 0.4) is 0 Å². The number of anilines is 1. The molecule has 0 unspecified atom stereocenters. The highest BCUT2D eigenvalue weighted by Crippen LogP contribution is 2.35. The van der Waals surface area contributed by atoms with Gasteiger partial charge >= 0.3 is 0 Å². The van der Waals surface area contributed by atoms with Gasteiger partial charge in [-0.2, -0.15) is 0 Å². The van der Waals surface area contributed by atoms with Crippen LogP contribution in [0.25, 0.3) is 10.8 Å². The Balaban J connectivity index is 2.61. The summed E-state index contributed by atoms with van der Waals surface area (Å²) in [5.74, 6) is 1.39. The van der Waals surface area contributed by atoms with Crippen molar-refractivity contribution in [1.82, 2.24) is 15.0 Å². The molecule has 0 saturated heterocycles. The summed E-state index contributed by atoms with van der Waals surface area (Å²) in [6.07, 6.45) is 1.62. The van der Waals surface area contributed by atoms with E-state index in [1.165, 1.54) is 11.3 Å². The number of hydrogen-bond acceptors (Lipinski definition) is 5. The van der Waals surface area contributed by atoms with Gasteiger partial charge in [0.2, 0.25) is 0 Å². The third-order valence-corrected chi connectivity index (χ3v) is 4.44. The highest BCUT2D eigenvalue weighted by molar-refractivity contribution is 9.10. The Morgan fingerprint density at radius 3 is 2.55 bits per heavy atom. The number of halogens is 2. The average molecular weight is 376 g/mol. The molecule has 2 aromatic rings. The van der Waals surface area contributed by atoms with E-state index in [0.717, 1.165) is 27.5 Å². The Morgan fingerprint density at radius 1 is 1.35 bits per heavy atom. The molecule has 0 fully saturated rings. The van der Waals surface area contributed by atoms with Crippen molar-refractivity contribution in [1.29, 1.82) is 0 Å². The molecule has 0 aliphatic heterocycles. The van der Waals surface area contributed by atoms with E-state index in [9.17, 15) is 0 Å². The molecule has 2 heterocycles. The molecule has 0 aromatic carbocycles. The van der Waals surface area contributed by atoms with Gasteiger partial charge in [0.05, 0.1) is 16.4 Å². The maximum atomic E-state index is 5.95. The predicted octanol–water partition coefficient (Wildman–Crippen LogP) is 4.75. The van der Waals surface area contributed by atoms with Crippen molar-refractivity contribution in [3.63, 3.8) is 0 Å². The van der Waals surface area contributed by atoms with Crippen LogP contribution in [0.1, 0.15) is 33.4 Å². The minimum Gasteiger partial charge on any atom is -0.369 e. The van der Waals surface area contributed by atoms with Crippen molar-refractivity contribution >= 4 is 44.7 Å². The Labute approximate surface area is 136 Å². The van der Waals surface area contributed by atoms with E-state index in [2.05, 4.69) is 57.0 Å². The lowest BCUT2D eigenvalue weighted by Gasteiger charge is -2.21. The second kappa shape index (κ2) is 5.95. The van der Waals surface area contributed by atoms with E-state index in [1.807, 2.05) is 6.92 Å². The lowest BCUT2D eigenvalue weighted by atomic mass is 9.92. The van der Waals surface area contributed by atoms with Crippen LogP contribution in [0.2, 0.25) is 4.34 Å². The van der Waals surface area contributed by atoms with Crippen molar-refractivity contribution in [2.24, 2.45) is 0 Å². The molecule has 0 spiro atoms. The van der Waals surface area contributed by atoms with Crippen molar-refractivity contribution in [2.75, 3.05) is 11.9 Å². The van der Waals surface area contributed by atoms with Crippen molar-refractivity contribution in [3.05, 3.63) is 20.7 Å². The highest BCUT2D eigenvalue weighted by atomic mass is 79.9. The first-order valence-corrected chi connectivity index (χ1v) is 8.25. The molecule has 108 valence electrons. The second-order valence-corrected chi connectivity index (χ2v) is 7.76. The van der Waals surface area contributed by atoms with Crippen LogP contribution in [-0.4, -0.2) is 21.5 Å². The lowest BCUT2D eigenvalue weighted by Crippen LogP contribution is -2.17. The van der Waals surface area contributed by atoms with Gasteiger partial charge in [-0.05, 0) is 22.9 Å². The zero-order valence-corrected chi connectivity index (χ0v) is 14.9. The number of rotatable bonds is 3. The SMILES string of the molecule is CCNc1nc(-c2ncc(Cl)s2)nc(C(C)(C)C)c1Br. The molecule has 0 aliphatic carbocycles. The number of aromatic nitrogens is 3. The summed E-state index contributed by atoms with van der Waals surface area (Å²) >= 11 is 10.9. The molecule has 0 aliphatic rings. The van der Waals surface area contributed by atoms with Crippen LogP contribution in [0.5, 0.6) is 0 Å². The van der Waals surface area contributed by atoms with Gasteiger partial charge in [0.25, 0.3) is 0 Å². The van der Waals surface area contributed by atoms with Crippen LogP contribution in [0.15, 0.2) is 10.7 Å². The third-order valence-electron chi connectivity index (χ3n) is 2.57. The lowest BCUT2D eigenvalue weighted by molar-refractivity contribution is 0.564. The molecule has 1 N–H and O–H groups in total. The molecular weight excluding hydrogens is 360 g/mol. The summed E-state index contributed by atoms with van der Waals surface area (Å²) in [4.78, 5) is 13.5. The fourth-order valence-corrected chi connectivity index (χ4v) is 3.44. The Bertz CT molecular complexity index is 621. The fourth-order valence-electron chi connectivity index (χ4n) is 1.68. The zero-order chi connectivity index (χ0) is 14.9. The molecule has 2 rings (SSSR count). The monoisotopic (exact) mass is 374 g/mol. The largest absolute Gasteiger partial charge is 0.369 e. The van der Waals surface area contributed by atoms with Crippen LogP contribution < -0.4 is 5.32 Å². The standard InChI is InChI=1S/C13H16BrClN4S/c1-5-16-10-8(14)9(13(2,3)4)18-11(19-10)12-17-6-7(15)20-12/h6H,5H2,1-4H3,(H,16,18,19). The maximum Gasteiger partial charge on any atom is 0.191 e. The smallest absolute Gasteiger partial charge is 0.191 e. The number of thiazole rings is 1. The number of nitrogens with one attached hydrogen (secondary N) is 1. The summed E-state index contributed by atoms with van der Waals surface area (Å²) in [7, 11) is 0. The quantitative estimate of drug-likeness (QED) is 0.841. The minimum atomic E-state index is -0.0955. The Hall–Kier alpha value is -0.720. The summed E-state index contributed by atoms with van der Waals surface area (Å²) in [5, 5.41) is 3.98. The van der Waals surface area contributed by atoms with Gasteiger partial charge in [-0.3, -0.25) is 0 Å². The molecule has 0 atom stereocenters. The predicted molar refractivity (Wildman–Crippen MR) is 88.7 cm³/mol. The summed E-state index contributed by atoms with van der Waals surface area (Å²) in [6.45, 7) is 9.18. The first-order valence-electron chi connectivity index (χ1n) is 6.26. The molecular formula is C13H16BrClN4S. The number of hydrogen-bond donors (Lipinski definition) is 1. The van der Waals surface area contributed by atoms with Crippen molar-refractivity contribution < 1.29 is 0 Å². The molecule has 7 heteroatoms.